The van der Waals surface area contributed by atoms with Gasteiger partial charge in [-0.25, -0.2) is 12.4 Å². The van der Waals surface area contributed by atoms with Gasteiger partial charge in [0.05, 0.1) is 15.9 Å². The first-order valence-corrected chi connectivity index (χ1v) is 11.7. The summed E-state index contributed by atoms with van der Waals surface area (Å²) in [5, 5.41) is 10.6. The minimum absolute atomic E-state index is 0.0233. The standard InChI is InChI=1S/C21H26ClN5O4S/c1-15-2-4-17(5-3-15)32(30,31)27-9-8-16(20(28)21(27)29)14-25-10-12-26(13-11-25)19(24)7-6-18(22)23/h2-9,28H,10-14,23-24H2,1H3/b18-6-,19-7+. The van der Waals surface area contributed by atoms with E-state index in [1.165, 1.54) is 30.5 Å². The van der Waals surface area contributed by atoms with Gasteiger partial charge in [0, 0.05) is 44.5 Å². The van der Waals surface area contributed by atoms with Gasteiger partial charge in [0.1, 0.15) is 0 Å². The summed E-state index contributed by atoms with van der Waals surface area (Å²) in [5.74, 6) is -0.0345. The van der Waals surface area contributed by atoms with Crippen molar-refractivity contribution in [3.8, 4) is 5.75 Å². The molecule has 0 saturated carbocycles. The Morgan fingerprint density at radius 3 is 2.31 bits per heavy atom. The molecule has 1 aromatic carbocycles. The highest BCUT2D eigenvalue weighted by Gasteiger charge is 2.23. The Bertz CT molecular complexity index is 1190. The van der Waals surface area contributed by atoms with Crippen molar-refractivity contribution in [2.24, 2.45) is 11.5 Å². The minimum Gasteiger partial charge on any atom is -0.503 e. The Hall–Kier alpha value is -2.95. The number of hydrogen-bond acceptors (Lipinski definition) is 8. The summed E-state index contributed by atoms with van der Waals surface area (Å²) in [4.78, 5) is 16.6. The molecule has 9 nitrogen and oxygen atoms in total. The molecule has 1 saturated heterocycles. The van der Waals surface area contributed by atoms with Gasteiger partial charge in [-0.15, -0.1) is 0 Å². The van der Waals surface area contributed by atoms with Crippen LogP contribution in [0.2, 0.25) is 0 Å². The van der Waals surface area contributed by atoms with Crippen molar-refractivity contribution >= 4 is 21.6 Å². The number of nitrogens with zero attached hydrogens (tertiary/aromatic N) is 3. The Morgan fingerprint density at radius 2 is 1.72 bits per heavy atom. The van der Waals surface area contributed by atoms with Crippen molar-refractivity contribution < 1.29 is 13.5 Å². The van der Waals surface area contributed by atoms with Crippen LogP contribution in [0.5, 0.6) is 5.75 Å². The van der Waals surface area contributed by atoms with E-state index in [0.717, 1.165) is 5.56 Å². The van der Waals surface area contributed by atoms with Crippen molar-refractivity contribution in [3.05, 3.63) is 81.1 Å². The van der Waals surface area contributed by atoms with E-state index in [9.17, 15) is 18.3 Å². The van der Waals surface area contributed by atoms with Crippen molar-refractivity contribution in [2.45, 2.75) is 18.4 Å². The lowest BCUT2D eigenvalue weighted by atomic mass is 10.2. The van der Waals surface area contributed by atoms with Crippen molar-refractivity contribution in [1.29, 1.82) is 0 Å². The molecular weight excluding hydrogens is 454 g/mol. The van der Waals surface area contributed by atoms with Crippen LogP contribution in [0.15, 0.2) is 69.3 Å². The molecule has 11 heteroatoms. The molecule has 0 amide bonds. The zero-order valence-corrected chi connectivity index (χ0v) is 19.2. The normalized spacial score (nSPS) is 16.4. The van der Waals surface area contributed by atoms with E-state index in [1.54, 1.807) is 18.2 Å². The lowest BCUT2D eigenvalue weighted by Gasteiger charge is -2.36. The van der Waals surface area contributed by atoms with E-state index in [2.05, 4.69) is 0 Å². The maximum atomic E-state index is 12.8. The van der Waals surface area contributed by atoms with Gasteiger partial charge in [-0.1, -0.05) is 29.3 Å². The minimum atomic E-state index is -4.11. The molecule has 1 aliphatic heterocycles. The molecule has 1 fully saturated rings. The zero-order valence-electron chi connectivity index (χ0n) is 17.6. The number of aromatic hydroxyl groups is 1. The number of allylic oxidation sites excluding steroid dienone is 2. The average Bonchev–Trinajstić information content (AvgIpc) is 2.76. The summed E-state index contributed by atoms with van der Waals surface area (Å²) < 4.78 is 26.2. The number of benzene rings is 1. The predicted octanol–water partition coefficient (Wildman–Crippen LogP) is 1.06. The Labute approximate surface area is 191 Å². The van der Waals surface area contributed by atoms with Gasteiger partial charge in [0.15, 0.2) is 5.75 Å². The zero-order chi connectivity index (χ0) is 23.5. The quantitative estimate of drug-likeness (QED) is 0.413. The van der Waals surface area contributed by atoms with Gasteiger partial charge in [-0.05, 0) is 37.3 Å². The maximum Gasteiger partial charge on any atom is 0.306 e. The third-order valence-corrected chi connectivity index (χ3v) is 7.04. The largest absolute Gasteiger partial charge is 0.503 e. The fourth-order valence-corrected chi connectivity index (χ4v) is 4.66. The summed E-state index contributed by atoms with van der Waals surface area (Å²) in [6.07, 6.45) is 4.34. The number of aryl methyl sites for hydroxylation is 1. The second-order valence-electron chi connectivity index (χ2n) is 7.51. The first kappa shape index (κ1) is 23.7. The number of hydrogen-bond donors (Lipinski definition) is 3. The molecule has 1 aromatic heterocycles. The van der Waals surface area contributed by atoms with Gasteiger partial charge >= 0.3 is 5.56 Å². The van der Waals surface area contributed by atoms with E-state index in [-0.39, 0.29) is 10.1 Å². The molecule has 5 N–H and O–H groups in total. The average molecular weight is 480 g/mol. The van der Waals surface area contributed by atoms with E-state index < -0.39 is 21.3 Å². The van der Waals surface area contributed by atoms with Gasteiger partial charge in [0.2, 0.25) is 0 Å². The van der Waals surface area contributed by atoms with Crippen LogP contribution in [0, 0.1) is 6.92 Å². The van der Waals surface area contributed by atoms with E-state index >= 15 is 0 Å². The van der Waals surface area contributed by atoms with Crippen molar-refractivity contribution in [1.82, 2.24) is 13.8 Å². The number of nitrogens with two attached hydrogens (primary N) is 2. The third-order valence-electron chi connectivity index (χ3n) is 5.24. The SMILES string of the molecule is Cc1ccc(S(=O)(=O)n2ccc(CN3CCN(/C(N)=C/C=C(\N)Cl)CC3)c(O)c2=O)cc1. The number of aromatic nitrogens is 1. The molecule has 172 valence electrons. The lowest BCUT2D eigenvalue weighted by molar-refractivity contribution is 0.150. The van der Waals surface area contributed by atoms with E-state index in [1.807, 2.05) is 16.7 Å². The van der Waals surface area contributed by atoms with Crippen LogP contribution in [0.4, 0.5) is 0 Å². The summed E-state index contributed by atoms with van der Waals surface area (Å²) in [7, 11) is -4.11. The van der Waals surface area contributed by atoms with Crippen molar-refractivity contribution in [2.75, 3.05) is 26.2 Å². The van der Waals surface area contributed by atoms with Gasteiger partial charge in [-0.2, -0.15) is 0 Å². The molecule has 2 aromatic rings. The van der Waals surface area contributed by atoms with E-state index in [4.69, 9.17) is 23.1 Å². The van der Waals surface area contributed by atoms with E-state index in [0.29, 0.717) is 48.1 Å². The number of rotatable bonds is 6. The second kappa shape index (κ2) is 9.68. The summed E-state index contributed by atoms with van der Waals surface area (Å²) in [6.45, 7) is 4.69. The Balaban J connectivity index is 1.73. The molecule has 0 aliphatic carbocycles. The summed E-state index contributed by atoms with van der Waals surface area (Å²) in [5.41, 5.74) is 11.7. The highest BCUT2D eigenvalue weighted by atomic mass is 35.5. The maximum absolute atomic E-state index is 12.8. The van der Waals surface area contributed by atoms with Crippen LogP contribution in [0.3, 0.4) is 0 Å². The topological polar surface area (TPSA) is 135 Å². The Kier molecular flexibility index (Phi) is 7.17. The second-order valence-corrected chi connectivity index (χ2v) is 9.77. The fourth-order valence-electron chi connectivity index (χ4n) is 3.36. The Morgan fingerprint density at radius 1 is 1.09 bits per heavy atom. The highest BCUT2D eigenvalue weighted by molar-refractivity contribution is 7.90. The van der Waals surface area contributed by atoms with Crippen LogP contribution in [0.1, 0.15) is 11.1 Å². The third kappa shape index (κ3) is 5.26. The highest BCUT2D eigenvalue weighted by Crippen LogP contribution is 2.19. The van der Waals surface area contributed by atoms with Crippen LogP contribution < -0.4 is 17.0 Å². The first-order valence-electron chi connectivity index (χ1n) is 9.91. The molecule has 0 bridgehead atoms. The van der Waals surface area contributed by atoms with Crippen LogP contribution in [0.25, 0.3) is 0 Å². The van der Waals surface area contributed by atoms with Crippen LogP contribution in [-0.4, -0.2) is 53.5 Å². The fraction of sp³-hybridized carbons (Fsp3) is 0.286. The van der Waals surface area contributed by atoms with Crippen LogP contribution >= 0.6 is 11.6 Å². The van der Waals surface area contributed by atoms with Gasteiger partial charge < -0.3 is 21.5 Å². The smallest absolute Gasteiger partial charge is 0.306 e. The summed E-state index contributed by atoms with van der Waals surface area (Å²) in [6, 6.07) is 7.61. The predicted molar refractivity (Wildman–Crippen MR) is 123 cm³/mol. The molecule has 0 unspecified atom stereocenters. The summed E-state index contributed by atoms with van der Waals surface area (Å²) >= 11 is 5.61. The molecular formula is C21H26ClN5O4S. The van der Waals surface area contributed by atoms with Gasteiger partial charge in [-0.3, -0.25) is 9.69 Å². The molecule has 1 aliphatic rings. The molecule has 32 heavy (non-hydrogen) atoms. The molecule has 2 heterocycles. The van der Waals surface area contributed by atoms with Gasteiger partial charge in [0.25, 0.3) is 10.0 Å². The van der Waals surface area contributed by atoms with Crippen molar-refractivity contribution in [3.63, 3.8) is 0 Å². The first-order chi connectivity index (χ1) is 15.1. The monoisotopic (exact) mass is 479 g/mol. The van der Waals surface area contributed by atoms with Crippen LogP contribution in [-0.2, 0) is 16.6 Å². The number of piperazine rings is 1. The molecule has 0 atom stereocenters. The lowest BCUT2D eigenvalue weighted by Crippen LogP contribution is -2.46. The molecule has 3 rings (SSSR count). The number of pyridine rings is 1. The molecule has 0 radical (unpaired) electrons. The number of halogens is 1. The molecule has 0 spiro atoms.